The van der Waals surface area contributed by atoms with E-state index in [2.05, 4.69) is 15.2 Å². The summed E-state index contributed by atoms with van der Waals surface area (Å²) in [6.07, 6.45) is 6.64. The van der Waals surface area contributed by atoms with Crippen molar-refractivity contribution in [2.45, 2.75) is 31.7 Å². The van der Waals surface area contributed by atoms with E-state index in [1.165, 1.54) is 18.6 Å². The van der Waals surface area contributed by atoms with E-state index in [4.69, 9.17) is 11.6 Å². The van der Waals surface area contributed by atoms with Gasteiger partial charge in [-0.2, -0.15) is 4.73 Å². The molecule has 132 valence electrons. The Bertz CT molecular complexity index is 721. The van der Waals surface area contributed by atoms with Gasteiger partial charge in [-0.25, -0.2) is 4.98 Å². The van der Waals surface area contributed by atoms with Gasteiger partial charge < -0.3 is 10.5 Å². The lowest BCUT2D eigenvalue weighted by molar-refractivity contribution is -0.605. The Morgan fingerprint density at radius 3 is 2.84 bits per heavy atom. The molecule has 1 fully saturated rings. The van der Waals surface area contributed by atoms with Crippen LogP contribution >= 0.6 is 11.6 Å². The number of nitrogens with zero attached hydrogens (tertiary/aromatic N) is 3. The van der Waals surface area contributed by atoms with E-state index in [1.54, 1.807) is 12.1 Å². The molecule has 25 heavy (non-hydrogen) atoms. The highest BCUT2D eigenvalue weighted by Crippen LogP contribution is 2.27. The lowest BCUT2D eigenvalue weighted by atomic mass is 9.90. The highest BCUT2D eigenvalue weighted by Gasteiger charge is 2.28. The van der Waals surface area contributed by atoms with Crippen LogP contribution in [0, 0.1) is 5.21 Å². The van der Waals surface area contributed by atoms with Crippen molar-refractivity contribution in [3.8, 4) is 0 Å². The Morgan fingerprint density at radius 1 is 1.40 bits per heavy atom. The molecule has 0 aromatic carbocycles. The minimum Gasteiger partial charge on any atom is -0.619 e. The Balaban J connectivity index is 1.62. The number of pyridine rings is 2. The minimum absolute atomic E-state index is 0.0825. The summed E-state index contributed by atoms with van der Waals surface area (Å²) in [5, 5.41) is 14.6. The van der Waals surface area contributed by atoms with Gasteiger partial charge in [-0.05, 0) is 49.9 Å². The summed E-state index contributed by atoms with van der Waals surface area (Å²) in [6, 6.07) is 6.86. The number of nitrogens with one attached hydrogen (secondary N) is 1. The van der Waals surface area contributed by atoms with Crippen LogP contribution in [0.2, 0.25) is 5.02 Å². The van der Waals surface area contributed by atoms with E-state index in [9.17, 15) is 10.0 Å². The summed E-state index contributed by atoms with van der Waals surface area (Å²) >= 11 is 5.81. The Morgan fingerprint density at radius 2 is 2.16 bits per heavy atom. The van der Waals surface area contributed by atoms with E-state index < -0.39 is 0 Å². The van der Waals surface area contributed by atoms with E-state index in [0.717, 1.165) is 36.2 Å². The molecule has 1 saturated heterocycles. The molecule has 3 rings (SSSR count). The van der Waals surface area contributed by atoms with Gasteiger partial charge in [0.2, 0.25) is 5.91 Å². The molecule has 1 aliphatic heterocycles. The Kier molecular flexibility index (Phi) is 5.50. The molecule has 1 amide bonds. The van der Waals surface area contributed by atoms with Crippen molar-refractivity contribution in [3.63, 3.8) is 0 Å². The first-order valence-corrected chi connectivity index (χ1v) is 8.76. The summed E-state index contributed by atoms with van der Waals surface area (Å²) in [6.45, 7) is 3.59. The second-order valence-corrected chi connectivity index (χ2v) is 6.79. The average Bonchev–Trinajstić information content (AvgIpc) is 2.63. The number of aromatic nitrogens is 2. The van der Waals surface area contributed by atoms with Crippen LogP contribution < -0.4 is 10.0 Å². The van der Waals surface area contributed by atoms with Crippen LogP contribution in [0.3, 0.4) is 0 Å². The van der Waals surface area contributed by atoms with Crippen LogP contribution in [0.4, 0.5) is 5.82 Å². The Labute approximate surface area is 152 Å². The molecule has 2 unspecified atom stereocenters. The minimum atomic E-state index is -0.256. The van der Waals surface area contributed by atoms with Gasteiger partial charge in [0.05, 0.1) is 11.1 Å². The number of halogens is 1. The SMILES string of the molecule is CC(C(=O)Nc1ccc(Cl)cn1)N1CCCC(c2cc[n+]([O-])cc2)C1. The van der Waals surface area contributed by atoms with Crippen LogP contribution in [-0.4, -0.2) is 34.9 Å². The first-order valence-electron chi connectivity index (χ1n) is 8.38. The van der Waals surface area contributed by atoms with Crippen molar-refractivity contribution in [2.24, 2.45) is 0 Å². The number of likely N-dealkylation sites (tertiary alicyclic amines) is 1. The fraction of sp³-hybridized carbons (Fsp3) is 0.389. The molecule has 0 radical (unpaired) electrons. The van der Waals surface area contributed by atoms with Crippen LogP contribution in [0.15, 0.2) is 42.9 Å². The van der Waals surface area contributed by atoms with Gasteiger partial charge in [-0.15, -0.1) is 0 Å². The molecule has 0 spiro atoms. The van der Waals surface area contributed by atoms with Crippen molar-refractivity contribution in [1.82, 2.24) is 9.88 Å². The number of hydrogen-bond acceptors (Lipinski definition) is 4. The van der Waals surface area contributed by atoms with Gasteiger partial charge in [0.15, 0.2) is 12.4 Å². The van der Waals surface area contributed by atoms with E-state index in [-0.39, 0.29) is 11.9 Å². The number of carbonyl (C=O) groups is 1. The molecular formula is C18H21ClN4O2. The largest absolute Gasteiger partial charge is 0.619 e. The van der Waals surface area contributed by atoms with Crippen molar-refractivity contribution in [3.05, 3.63) is 58.6 Å². The fourth-order valence-electron chi connectivity index (χ4n) is 3.17. The third-order valence-electron chi connectivity index (χ3n) is 4.66. The zero-order chi connectivity index (χ0) is 17.8. The number of rotatable bonds is 4. The molecule has 2 aromatic rings. The summed E-state index contributed by atoms with van der Waals surface area (Å²) in [5.41, 5.74) is 1.14. The van der Waals surface area contributed by atoms with Gasteiger partial charge in [0, 0.05) is 24.9 Å². The lowest BCUT2D eigenvalue weighted by Gasteiger charge is -2.36. The van der Waals surface area contributed by atoms with Gasteiger partial charge in [-0.1, -0.05) is 11.6 Å². The first kappa shape index (κ1) is 17.6. The summed E-state index contributed by atoms with van der Waals surface area (Å²) in [4.78, 5) is 18.8. The van der Waals surface area contributed by atoms with Gasteiger partial charge in [0.25, 0.3) is 0 Å². The normalized spacial score (nSPS) is 19.4. The smallest absolute Gasteiger partial charge is 0.242 e. The van der Waals surface area contributed by atoms with Crippen molar-refractivity contribution in [2.75, 3.05) is 18.4 Å². The Hall–Kier alpha value is -2.18. The molecule has 1 N–H and O–H groups in total. The standard InChI is InChI=1S/C18H21ClN4O2/c1-13(18(24)21-17-5-4-16(19)11-20-17)22-8-2-3-15(12-22)14-6-9-23(25)10-7-14/h4-7,9-11,13,15H,2-3,8,12H2,1H3,(H,20,21,24). The second-order valence-electron chi connectivity index (χ2n) is 6.35. The van der Waals surface area contributed by atoms with Crippen molar-refractivity contribution >= 4 is 23.3 Å². The lowest BCUT2D eigenvalue weighted by Crippen LogP contribution is -2.46. The number of hydrogen-bond donors (Lipinski definition) is 1. The summed E-state index contributed by atoms with van der Waals surface area (Å²) < 4.78 is 0.791. The maximum Gasteiger partial charge on any atom is 0.242 e. The molecular weight excluding hydrogens is 340 g/mol. The average molecular weight is 361 g/mol. The van der Waals surface area contributed by atoms with Crippen molar-refractivity contribution in [1.29, 1.82) is 0 Å². The van der Waals surface area contributed by atoms with E-state index in [0.29, 0.717) is 16.8 Å². The van der Waals surface area contributed by atoms with Gasteiger partial charge in [-0.3, -0.25) is 9.69 Å². The van der Waals surface area contributed by atoms with Crippen LogP contribution in [0.5, 0.6) is 0 Å². The van der Waals surface area contributed by atoms with Crippen LogP contribution in [0.1, 0.15) is 31.2 Å². The van der Waals surface area contributed by atoms with E-state index >= 15 is 0 Å². The second kappa shape index (κ2) is 7.80. The molecule has 0 saturated carbocycles. The molecule has 3 heterocycles. The summed E-state index contributed by atoms with van der Waals surface area (Å²) in [5.74, 6) is 0.748. The number of amides is 1. The summed E-state index contributed by atoms with van der Waals surface area (Å²) in [7, 11) is 0. The van der Waals surface area contributed by atoms with Crippen LogP contribution in [0.25, 0.3) is 0 Å². The highest BCUT2D eigenvalue weighted by atomic mass is 35.5. The molecule has 2 aromatic heterocycles. The molecule has 6 nitrogen and oxygen atoms in total. The van der Waals surface area contributed by atoms with Crippen LogP contribution in [-0.2, 0) is 4.79 Å². The molecule has 0 bridgehead atoms. The van der Waals surface area contributed by atoms with Crippen molar-refractivity contribution < 1.29 is 9.52 Å². The number of anilines is 1. The zero-order valence-electron chi connectivity index (χ0n) is 14.1. The highest BCUT2D eigenvalue weighted by molar-refractivity contribution is 6.30. The van der Waals surface area contributed by atoms with Gasteiger partial charge in [0.1, 0.15) is 5.82 Å². The quantitative estimate of drug-likeness (QED) is 0.672. The molecule has 1 aliphatic rings. The monoisotopic (exact) mass is 360 g/mol. The third kappa shape index (κ3) is 4.46. The molecule has 2 atom stereocenters. The topological polar surface area (TPSA) is 72.2 Å². The first-order chi connectivity index (χ1) is 12.0. The zero-order valence-corrected chi connectivity index (χ0v) is 14.8. The fourth-order valence-corrected chi connectivity index (χ4v) is 3.28. The predicted molar refractivity (Wildman–Crippen MR) is 96.3 cm³/mol. The molecule has 7 heteroatoms. The third-order valence-corrected chi connectivity index (χ3v) is 4.88. The molecule has 0 aliphatic carbocycles. The number of piperidine rings is 1. The predicted octanol–water partition coefficient (Wildman–Crippen LogP) is 2.58. The number of carbonyl (C=O) groups excluding carboxylic acids is 1. The maximum atomic E-state index is 12.5. The maximum absolute atomic E-state index is 12.5. The van der Waals surface area contributed by atoms with E-state index in [1.807, 2.05) is 19.1 Å². The van der Waals surface area contributed by atoms with Gasteiger partial charge >= 0.3 is 0 Å².